The number of hydrogen-bond acceptors (Lipinski definition) is 5. The fourth-order valence-electron chi connectivity index (χ4n) is 4.39. The highest BCUT2D eigenvalue weighted by Gasteiger charge is 2.24. The summed E-state index contributed by atoms with van der Waals surface area (Å²) in [5.74, 6) is 1.64. The van der Waals surface area contributed by atoms with Crippen LogP contribution in [0.2, 0.25) is 0 Å². The summed E-state index contributed by atoms with van der Waals surface area (Å²) in [6, 6.07) is 19.9. The molecule has 0 bridgehead atoms. The van der Waals surface area contributed by atoms with Gasteiger partial charge in [0, 0.05) is 6.07 Å². The van der Waals surface area contributed by atoms with Gasteiger partial charge in [-0.1, -0.05) is 18.2 Å². The molecule has 0 fully saturated rings. The number of ether oxygens (including phenoxy) is 1. The van der Waals surface area contributed by atoms with Crippen LogP contribution in [0.15, 0.2) is 66.7 Å². The van der Waals surface area contributed by atoms with Gasteiger partial charge in [-0.2, -0.15) is 0 Å². The van der Waals surface area contributed by atoms with Crippen LogP contribution in [0.1, 0.15) is 27.8 Å². The molecule has 0 amide bonds. The van der Waals surface area contributed by atoms with E-state index < -0.39 is 0 Å². The van der Waals surface area contributed by atoms with Gasteiger partial charge in [-0.05, 0) is 105 Å². The summed E-state index contributed by atoms with van der Waals surface area (Å²) in [5, 5.41) is 31.7. The van der Waals surface area contributed by atoms with E-state index in [4.69, 9.17) is 4.74 Å². The molecular formula is C29H29NO4. The molecule has 0 aliphatic rings. The number of rotatable bonds is 5. The average molecular weight is 456 g/mol. The first kappa shape index (κ1) is 23.1. The zero-order valence-electron chi connectivity index (χ0n) is 20.0. The van der Waals surface area contributed by atoms with Crippen molar-refractivity contribution in [3.8, 4) is 28.7 Å². The monoisotopic (exact) mass is 455 g/mol. The van der Waals surface area contributed by atoms with Crippen molar-refractivity contribution in [1.82, 2.24) is 0 Å². The Bertz CT molecular complexity index is 1270. The van der Waals surface area contributed by atoms with E-state index in [-0.39, 0.29) is 17.2 Å². The van der Waals surface area contributed by atoms with E-state index in [0.29, 0.717) is 22.9 Å². The number of aromatic hydroxyl groups is 3. The van der Waals surface area contributed by atoms with Crippen molar-refractivity contribution >= 4 is 17.1 Å². The lowest BCUT2D eigenvalue weighted by Gasteiger charge is -2.30. The minimum absolute atomic E-state index is 0.123. The van der Waals surface area contributed by atoms with Gasteiger partial charge in [0.15, 0.2) is 0 Å². The molecule has 0 radical (unpaired) electrons. The molecule has 4 rings (SSSR count). The summed E-state index contributed by atoms with van der Waals surface area (Å²) < 4.78 is 6.12. The van der Waals surface area contributed by atoms with Crippen molar-refractivity contribution < 1.29 is 20.1 Å². The van der Waals surface area contributed by atoms with Crippen LogP contribution in [0.3, 0.4) is 0 Å². The van der Waals surface area contributed by atoms with Gasteiger partial charge in [-0.15, -0.1) is 0 Å². The molecule has 0 unspecified atom stereocenters. The predicted molar refractivity (Wildman–Crippen MR) is 136 cm³/mol. The van der Waals surface area contributed by atoms with E-state index in [0.717, 1.165) is 33.5 Å². The molecule has 4 aromatic carbocycles. The topological polar surface area (TPSA) is 73.2 Å². The van der Waals surface area contributed by atoms with Gasteiger partial charge in [0.1, 0.15) is 28.7 Å². The van der Waals surface area contributed by atoms with Crippen LogP contribution in [-0.2, 0) is 0 Å². The minimum Gasteiger partial charge on any atom is -0.508 e. The van der Waals surface area contributed by atoms with Crippen LogP contribution >= 0.6 is 0 Å². The van der Waals surface area contributed by atoms with E-state index >= 15 is 0 Å². The summed E-state index contributed by atoms with van der Waals surface area (Å²) in [6.45, 7) is 9.62. The lowest BCUT2D eigenvalue weighted by molar-refractivity contribution is 0.461. The number of benzene rings is 4. The standard InChI is InChI=1S/C29H29NO4/c1-17-11-20(4)28(25(32)13-17)30(29-21(5)12-18(2)14-26(29)33)22-7-6-8-24(16-22)34-27-10-9-23(31)15-19(27)3/h6-16,31-33H,1-5H3. The molecule has 0 spiro atoms. The number of aryl methyl sites for hydroxylation is 5. The highest BCUT2D eigenvalue weighted by molar-refractivity contribution is 5.86. The second kappa shape index (κ2) is 9.02. The Kier molecular flexibility index (Phi) is 6.12. The van der Waals surface area contributed by atoms with E-state index in [1.54, 1.807) is 30.3 Å². The van der Waals surface area contributed by atoms with Gasteiger partial charge in [-0.3, -0.25) is 0 Å². The Hall–Kier alpha value is -4.12. The highest BCUT2D eigenvalue weighted by atomic mass is 16.5. The number of nitrogens with zero attached hydrogens (tertiary/aromatic N) is 1. The van der Waals surface area contributed by atoms with Crippen LogP contribution in [0.25, 0.3) is 0 Å². The molecule has 5 nitrogen and oxygen atoms in total. The summed E-state index contributed by atoms with van der Waals surface area (Å²) >= 11 is 0. The van der Waals surface area contributed by atoms with E-state index in [9.17, 15) is 15.3 Å². The number of phenols is 3. The van der Waals surface area contributed by atoms with Crippen LogP contribution in [0, 0.1) is 34.6 Å². The minimum atomic E-state index is 0.123. The second-order valence-corrected chi connectivity index (χ2v) is 8.78. The Labute approximate surface area is 200 Å². The summed E-state index contributed by atoms with van der Waals surface area (Å²) in [4.78, 5) is 1.87. The molecule has 0 saturated heterocycles. The maximum Gasteiger partial charge on any atom is 0.140 e. The third-order valence-corrected chi connectivity index (χ3v) is 5.76. The van der Waals surface area contributed by atoms with Crippen molar-refractivity contribution in [2.45, 2.75) is 34.6 Å². The molecular weight excluding hydrogens is 426 g/mol. The van der Waals surface area contributed by atoms with Crippen molar-refractivity contribution in [2.24, 2.45) is 0 Å². The number of anilines is 3. The SMILES string of the molecule is Cc1cc(C)c(N(c2cccc(Oc3ccc(O)cc3C)c2)c2c(C)cc(C)cc2O)c(O)c1. The molecule has 4 aromatic rings. The summed E-state index contributed by atoms with van der Waals surface area (Å²) in [6.07, 6.45) is 0. The molecule has 5 heteroatoms. The molecule has 0 saturated carbocycles. The first-order valence-electron chi connectivity index (χ1n) is 11.1. The Morgan fingerprint density at radius 2 is 1.21 bits per heavy atom. The summed E-state index contributed by atoms with van der Waals surface area (Å²) in [7, 11) is 0. The van der Waals surface area contributed by atoms with Crippen molar-refractivity contribution in [1.29, 1.82) is 0 Å². The average Bonchev–Trinajstić information content (AvgIpc) is 2.73. The molecule has 174 valence electrons. The third-order valence-electron chi connectivity index (χ3n) is 5.76. The molecule has 0 aromatic heterocycles. The van der Waals surface area contributed by atoms with Gasteiger partial charge >= 0.3 is 0 Å². The van der Waals surface area contributed by atoms with Gasteiger partial charge < -0.3 is 25.0 Å². The first-order chi connectivity index (χ1) is 16.1. The molecule has 0 aliphatic carbocycles. The maximum absolute atomic E-state index is 11.0. The van der Waals surface area contributed by atoms with Gasteiger partial charge in [0.05, 0.1) is 17.1 Å². The Morgan fingerprint density at radius 1 is 0.618 bits per heavy atom. The van der Waals surface area contributed by atoms with Crippen molar-refractivity contribution in [3.05, 3.63) is 94.5 Å². The molecule has 0 heterocycles. The zero-order valence-corrected chi connectivity index (χ0v) is 20.0. The first-order valence-corrected chi connectivity index (χ1v) is 11.1. The lowest BCUT2D eigenvalue weighted by atomic mass is 10.0. The smallest absolute Gasteiger partial charge is 0.140 e. The quantitative estimate of drug-likeness (QED) is 0.289. The molecule has 34 heavy (non-hydrogen) atoms. The highest BCUT2D eigenvalue weighted by Crippen LogP contribution is 2.48. The largest absolute Gasteiger partial charge is 0.508 e. The molecule has 0 atom stereocenters. The van der Waals surface area contributed by atoms with Gasteiger partial charge in [0.25, 0.3) is 0 Å². The van der Waals surface area contributed by atoms with Gasteiger partial charge in [0.2, 0.25) is 0 Å². The van der Waals surface area contributed by atoms with Gasteiger partial charge in [-0.25, -0.2) is 0 Å². The van der Waals surface area contributed by atoms with Crippen LogP contribution in [-0.4, -0.2) is 15.3 Å². The van der Waals surface area contributed by atoms with Crippen LogP contribution in [0.5, 0.6) is 28.7 Å². The van der Waals surface area contributed by atoms with Crippen molar-refractivity contribution in [3.63, 3.8) is 0 Å². The maximum atomic E-state index is 11.0. The number of hydrogen-bond donors (Lipinski definition) is 3. The fourth-order valence-corrected chi connectivity index (χ4v) is 4.39. The van der Waals surface area contributed by atoms with Crippen LogP contribution < -0.4 is 9.64 Å². The predicted octanol–water partition coefficient (Wildman–Crippen LogP) is 7.61. The third kappa shape index (κ3) is 4.50. The van der Waals surface area contributed by atoms with E-state index in [1.807, 2.05) is 75.9 Å². The number of phenolic OH excluding ortho intramolecular Hbond substituents is 3. The van der Waals surface area contributed by atoms with Crippen molar-refractivity contribution in [2.75, 3.05) is 4.90 Å². The fraction of sp³-hybridized carbons (Fsp3) is 0.172. The normalized spacial score (nSPS) is 10.9. The second-order valence-electron chi connectivity index (χ2n) is 8.78. The lowest BCUT2D eigenvalue weighted by Crippen LogP contribution is -2.13. The Morgan fingerprint density at radius 3 is 1.74 bits per heavy atom. The molecule has 0 aliphatic heterocycles. The molecule has 3 N–H and O–H groups in total. The van der Waals surface area contributed by atoms with Crippen LogP contribution in [0.4, 0.5) is 17.1 Å². The zero-order chi connectivity index (χ0) is 24.6. The Balaban J connectivity index is 1.90. The summed E-state index contributed by atoms with van der Waals surface area (Å²) in [5.41, 5.74) is 6.35. The van der Waals surface area contributed by atoms with E-state index in [1.165, 1.54) is 0 Å². The van der Waals surface area contributed by atoms with E-state index in [2.05, 4.69) is 0 Å².